The lowest BCUT2D eigenvalue weighted by Gasteiger charge is -2.13. The highest BCUT2D eigenvalue weighted by Crippen LogP contribution is 2.17. The van der Waals surface area contributed by atoms with E-state index in [-0.39, 0.29) is 0 Å². The second-order valence-electron chi connectivity index (χ2n) is 4.86. The average Bonchev–Trinajstić information content (AvgIpc) is 2.21. The molecular weight excluding hydrogens is 204 g/mol. The molecule has 0 amide bonds. The Hall–Kier alpha value is 0.310. The van der Waals surface area contributed by atoms with E-state index < -0.39 is 0 Å². The zero-order chi connectivity index (χ0) is 11.5. The molecule has 1 atom stereocenters. The summed E-state index contributed by atoms with van der Waals surface area (Å²) in [5.41, 5.74) is 0. The molecule has 0 bridgehead atoms. The number of hydrogen-bond acceptors (Lipinski definition) is 2. The van der Waals surface area contributed by atoms with Crippen LogP contribution in [0.15, 0.2) is 0 Å². The van der Waals surface area contributed by atoms with E-state index in [2.05, 4.69) is 20.1 Å². The molecule has 0 saturated heterocycles. The molecule has 0 saturated carbocycles. The molecule has 0 aromatic heterocycles. The molecule has 0 rings (SSSR count). The first-order valence-electron chi connectivity index (χ1n) is 6.30. The van der Waals surface area contributed by atoms with Crippen molar-refractivity contribution in [2.45, 2.75) is 52.4 Å². The van der Waals surface area contributed by atoms with Gasteiger partial charge in [0.1, 0.15) is 0 Å². The van der Waals surface area contributed by atoms with E-state index in [1.807, 2.05) is 11.8 Å². The van der Waals surface area contributed by atoms with Crippen LogP contribution < -0.4 is 0 Å². The van der Waals surface area contributed by atoms with Gasteiger partial charge in [0.15, 0.2) is 0 Å². The number of aliphatic hydroxyl groups excluding tert-OH is 1. The summed E-state index contributed by atoms with van der Waals surface area (Å²) in [5, 5.41) is 9.19. The van der Waals surface area contributed by atoms with Crippen molar-refractivity contribution in [3.63, 3.8) is 0 Å². The van der Waals surface area contributed by atoms with Gasteiger partial charge in [-0.2, -0.15) is 11.8 Å². The monoisotopic (exact) mass is 232 g/mol. The van der Waals surface area contributed by atoms with Crippen molar-refractivity contribution in [2.24, 2.45) is 11.8 Å². The summed E-state index contributed by atoms with van der Waals surface area (Å²) >= 11 is 1.88. The molecule has 0 aromatic carbocycles. The van der Waals surface area contributed by atoms with E-state index >= 15 is 0 Å². The molecule has 0 unspecified atom stereocenters. The van der Waals surface area contributed by atoms with Crippen LogP contribution in [0.25, 0.3) is 0 Å². The van der Waals surface area contributed by atoms with Gasteiger partial charge in [0.2, 0.25) is 0 Å². The SMILES string of the molecule is CSCC[C@@H](CO)CCCCCC(C)C. The van der Waals surface area contributed by atoms with Gasteiger partial charge in [0.25, 0.3) is 0 Å². The van der Waals surface area contributed by atoms with Crippen LogP contribution in [0.2, 0.25) is 0 Å². The van der Waals surface area contributed by atoms with E-state index in [1.54, 1.807) is 0 Å². The molecule has 0 spiro atoms. The van der Waals surface area contributed by atoms with Crippen molar-refractivity contribution >= 4 is 11.8 Å². The predicted molar refractivity (Wildman–Crippen MR) is 71.5 cm³/mol. The summed E-state index contributed by atoms with van der Waals surface area (Å²) in [7, 11) is 0. The number of thioether (sulfide) groups is 1. The highest BCUT2D eigenvalue weighted by molar-refractivity contribution is 7.98. The van der Waals surface area contributed by atoms with Gasteiger partial charge in [-0.05, 0) is 36.7 Å². The molecule has 0 aromatic rings. The Morgan fingerprint density at radius 2 is 1.67 bits per heavy atom. The zero-order valence-electron chi connectivity index (χ0n) is 10.7. The van der Waals surface area contributed by atoms with Gasteiger partial charge in [-0.3, -0.25) is 0 Å². The number of hydrogen-bond donors (Lipinski definition) is 1. The summed E-state index contributed by atoms with van der Waals surface area (Å²) in [6, 6.07) is 0. The summed E-state index contributed by atoms with van der Waals surface area (Å²) in [6.45, 7) is 4.95. The van der Waals surface area contributed by atoms with Crippen molar-refractivity contribution in [2.75, 3.05) is 18.6 Å². The maximum atomic E-state index is 9.19. The van der Waals surface area contributed by atoms with Gasteiger partial charge >= 0.3 is 0 Å². The van der Waals surface area contributed by atoms with E-state index in [9.17, 15) is 5.11 Å². The molecule has 2 heteroatoms. The minimum absolute atomic E-state index is 0.380. The highest BCUT2D eigenvalue weighted by Gasteiger charge is 2.06. The van der Waals surface area contributed by atoms with Crippen LogP contribution in [0.5, 0.6) is 0 Å². The Kier molecular flexibility index (Phi) is 11.0. The van der Waals surface area contributed by atoms with E-state index in [0.717, 1.165) is 5.92 Å². The normalized spacial score (nSPS) is 13.4. The van der Waals surface area contributed by atoms with Crippen LogP contribution >= 0.6 is 11.8 Å². The largest absolute Gasteiger partial charge is 0.396 e. The second kappa shape index (κ2) is 10.8. The molecule has 0 aliphatic rings. The molecule has 1 N–H and O–H groups in total. The Balaban J connectivity index is 3.30. The second-order valence-corrected chi connectivity index (χ2v) is 5.85. The Bertz CT molecular complexity index is 126. The minimum atomic E-state index is 0.380. The Morgan fingerprint density at radius 3 is 2.20 bits per heavy atom. The van der Waals surface area contributed by atoms with Gasteiger partial charge in [0, 0.05) is 6.61 Å². The fourth-order valence-corrected chi connectivity index (χ4v) is 2.34. The molecular formula is C13H28OS. The first kappa shape index (κ1) is 15.3. The third-order valence-corrected chi connectivity index (χ3v) is 3.53. The topological polar surface area (TPSA) is 20.2 Å². The van der Waals surface area contributed by atoms with Crippen LogP contribution in [-0.4, -0.2) is 23.7 Å². The van der Waals surface area contributed by atoms with E-state index in [1.165, 1.54) is 44.3 Å². The van der Waals surface area contributed by atoms with Crippen molar-refractivity contribution in [1.82, 2.24) is 0 Å². The van der Waals surface area contributed by atoms with Crippen LogP contribution in [0, 0.1) is 11.8 Å². The quantitative estimate of drug-likeness (QED) is 0.575. The van der Waals surface area contributed by atoms with Gasteiger partial charge < -0.3 is 5.11 Å². The summed E-state index contributed by atoms with van der Waals surface area (Å²) in [5.74, 6) is 2.59. The fraction of sp³-hybridized carbons (Fsp3) is 1.00. The number of unbranched alkanes of at least 4 members (excludes halogenated alkanes) is 2. The Labute approximate surface area is 100 Å². The van der Waals surface area contributed by atoms with Crippen molar-refractivity contribution in [3.05, 3.63) is 0 Å². The van der Waals surface area contributed by atoms with E-state index in [0.29, 0.717) is 12.5 Å². The summed E-state index contributed by atoms with van der Waals surface area (Å²) < 4.78 is 0. The summed E-state index contributed by atoms with van der Waals surface area (Å²) in [4.78, 5) is 0. The van der Waals surface area contributed by atoms with Crippen LogP contribution in [0.4, 0.5) is 0 Å². The predicted octanol–water partition coefficient (Wildman–Crippen LogP) is 3.95. The highest BCUT2D eigenvalue weighted by atomic mass is 32.2. The average molecular weight is 232 g/mol. The van der Waals surface area contributed by atoms with Crippen molar-refractivity contribution < 1.29 is 5.11 Å². The van der Waals surface area contributed by atoms with Gasteiger partial charge in [0.05, 0.1) is 0 Å². The third-order valence-electron chi connectivity index (χ3n) is 2.88. The molecule has 0 radical (unpaired) electrons. The first-order valence-corrected chi connectivity index (χ1v) is 7.69. The molecule has 15 heavy (non-hydrogen) atoms. The lowest BCUT2D eigenvalue weighted by molar-refractivity contribution is 0.212. The maximum absolute atomic E-state index is 9.19. The van der Waals surface area contributed by atoms with Gasteiger partial charge in [-0.1, -0.05) is 39.5 Å². The molecule has 92 valence electrons. The smallest absolute Gasteiger partial charge is 0.0459 e. The lowest BCUT2D eigenvalue weighted by atomic mass is 9.98. The maximum Gasteiger partial charge on any atom is 0.0459 e. The third kappa shape index (κ3) is 10.6. The lowest BCUT2D eigenvalue weighted by Crippen LogP contribution is -2.07. The van der Waals surface area contributed by atoms with Crippen LogP contribution in [0.1, 0.15) is 52.4 Å². The molecule has 0 aliphatic carbocycles. The standard InChI is InChI=1S/C13H28OS/c1-12(2)7-5-4-6-8-13(11-14)9-10-15-3/h12-14H,4-11H2,1-3H3/t13-/m0/s1. The molecule has 0 heterocycles. The molecule has 1 nitrogen and oxygen atoms in total. The Morgan fingerprint density at radius 1 is 1.00 bits per heavy atom. The van der Waals surface area contributed by atoms with E-state index in [4.69, 9.17) is 0 Å². The zero-order valence-corrected chi connectivity index (χ0v) is 11.5. The van der Waals surface area contributed by atoms with Crippen LogP contribution in [-0.2, 0) is 0 Å². The molecule has 0 fully saturated rings. The summed E-state index contributed by atoms with van der Waals surface area (Å²) in [6.07, 6.45) is 9.89. The fourth-order valence-electron chi connectivity index (χ4n) is 1.77. The minimum Gasteiger partial charge on any atom is -0.396 e. The van der Waals surface area contributed by atoms with Gasteiger partial charge in [-0.25, -0.2) is 0 Å². The first-order chi connectivity index (χ1) is 7.20. The molecule has 0 aliphatic heterocycles. The van der Waals surface area contributed by atoms with Crippen LogP contribution in [0.3, 0.4) is 0 Å². The van der Waals surface area contributed by atoms with Crippen molar-refractivity contribution in [3.8, 4) is 0 Å². The van der Waals surface area contributed by atoms with Crippen molar-refractivity contribution in [1.29, 1.82) is 0 Å². The number of aliphatic hydroxyl groups is 1. The van der Waals surface area contributed by atoms with Gasteiger partial charge in [-0.15, -0.1) is 0 Å². The number of rotatable bonds is 10.